The fourth-order valence-electron chi connectivity index (χ4n) is 7.42. The van der Waals surface area contributed by atoms with Crippen molar-refractivity contribution in [3.8, 4) is 22.4 Å². The minimum atomic E-state index is -0.381. The Kier molecular flexibility index (Phi) is 5.01. The number of hydrogen-bond acceptors (Lipinski definition) is 2. The number of nitrogens with zero attached hydrogens (tertiary/aromatic N) is 1. The monoisotopic (exact) mass is 502 g/mol. The van der Waals surface area contributed by atoms with E-state index in [1.807, 2.05) is 0 Å². The zero-order valence-electron chi connectivity index (χ0n) is 23.4. The van der Waals surface area contributed by atoms with E-state index in [1.165, 1.54) is 57.2 Å². The van der Waals surface area contributed by atoms with Gasteiger partial charge in [-0.05, 0) is 99.7 Å². The molecule has 0 spiro atoms. The molecule has 7 rings (SSSR count). The van der Waals surface area contributed by atoms with Crippen LogP contribution >= 0.6 is 0 Å². The average molecular weight is 503 g/mol. The fraction of sp³-hybridized carbons (Fsp3) is 0.343. The molecule has 5 aromatic rings. The van der Waals surface area contributed by atoms with Gasteiger partial charge in [0.1, 0.15) is 18.2 Å². The number of aryl methyl sites for hydroxylation is 3. The lowest BCUT2D eigenvalue weighted by Crippen LogP contribution is -2.30. The molecule has 0 fully saturated rings. The van der Waals surface area contributed by atoms with Gasteiger partial charge in [0, 0.05) is 28.5 Å². The highest BCUT2D eigenvalue weighted by Crippen LogP contribution is 2.54. The summed E-state index contributed by atoms with van der Waals surface area (Å²) in [6, 6.07) is 19.9. The molecule has 3 heteroatoms. The molecule has 0 saturated carbocycles. The van der Waals surface area contributed by atoms with Crippen molar-refractivity contribution >= 4 is 21.9 Å². The predicted octanol–water partition coefficient (Wildman–Crippen LogP) is 8.43. The lowest BCUT2D eigenvalue weighted by Gasteiger charge is -2.27. The molecule has 0 saturated heterocycles. The SMILES string of the molecule is Cc1ccc2c(oc3c(-c4cc5c(c6c4C(C)(C)OC6(C)C)CCCC5)cccc32)c1-c1cccc[n+]1C. The van der Waals surface area contributed by atoms with Crippen LogP contribution in [-0.2, 0) is 35.8 Å². The van der Waals surface area contributed by atoms with Crippen molar-refractivity contribution in [2.45, 2.75) is 71.5 Å². The number of hydrogen-bond donors (Lipinski definition) is 0. The molecule has 0 N–H and O–H groups in total. The van der Waals surface area contributed by atoms with Gasteiger partial charge in [-0.25, -0.2) is 4.57 Å². The Morgan fingerprint density at radius 3 is 2.34 bits per heavy atom. The van der Waals surface area contributed by atoms with Gasteiger partial charge in [-0.3, -0.25) is 0 Å². The van der Waals surface area contributed by atoms with E-state index in [1.54, 1.807) is 0 Å². The van der Waals surface area contributed by atoms with Gasteiger partial charge in [0.25, 0.3) is 0 Å². The Balaban J connectivity index is 1.57. The Hall–Kier alpha value is -3.43. The Labute approximate surface area is 225 Å². The molecule has 2 aliphatic rings. The van der Waals surface area contributed by atoms with Crippen LogP contribution in [0.5, 0.6) is 0 Å². The van der Waals surface area contributed by atoms with Gasteiger partial charge in [-0.2, -0.15) is 0 Å². The standard InChI is InChI=1S/C35H36NO2/c1-21-17-18-26-24-14-11-15-25(32(24)37-33(26)29(21)28-16-9-10-19-36(28)6)27-20-22-12-7-8-13-23(22)30-31(27)35(4,5)38-34(30,2)3/h9-11,14-20H,7-8,12-13H2,1-6H3/q+1. The van der Waals surface area contributed by atoms with E-state index in [-0.39, 0.29) is 11.2 Å². The second kappa shape index (κ2) is 8.04. The predicted molar refractivity (Wildman–Crippen MR) is 154 cm³/mol. The molecule has 2 aromatic heterocycles. The number of ether oxygens (including phenoxy) is 1. The third kappa shape index (κ3) is 3.27. The molecule has 3 nitrogen and oxygen atoms in total. The summed E-state index contributed by atoms with van der Waals surface area (Å²) >= 11 is 0. The first-order chi connectivity index (χ1) is 18.2. The van der Waals surface area contributed by atoms with Gasteiger partial charge in [0.15, 0.2) is 6.20 Å². The van der Waals surface area contributed by atoms with Crippen LogP contribution in [0.15, 0.2) is 65.2 Å². The lowest BCUT2D eigenvalue weighted by atomic mass is 9.76. The van der Waals surface area contributed by atoms with Crippen LogP contribution in [0.4, 0.5) is 0 Å². The molecule has 0 radical (unpaired) electrons. The summed E-state index contributed by atoms with van der Waals surface area (Å²) in [5.74, 6) is 0. The molecule has 0 atom stereocenters. The summed E-state index contributed by atoms with van der Waals surface area (Å²) in [5, 5.41) is 2.33. The van der Waals surface area contributed by atoms with Crippen molar-refractivity contribution in [2.75, 3.05) is 0 Å². The minimum absolute atomic E-state index is 0.315. The summed E-state index contributed by atoms with van der Waals surface area (Å²) in [5.41, 5.74) is 12.9. The Morgan fingerprint density at radius 1 is 0.763 bits per heavy atom. The normalized spacial score (nSPS) is 17.6. The molecule has 1 aliphatic heterocycles. The van der Waals surface area contributed by atoms with Crippen LogP contribution in [0.25, 0.3) is 44.3 Å². The van der Waals surface area contributed by atoms with Crippen LogP contribution in [-0.4, -0.2) is 0 Å². The minimum Gasteiger partial charge on any atom is -0.454 e. The third-order valence-electron chi connectivity index (χ3n) is 8.84. The first-order valence-corrected chi connectivity index (χ1v) is 14.0. The summed E-state index contributed by atoms with van der Waals surface area (Å²) in [6.45, 7) is 11.1. The number of furan rings is 1. The van der Waals surface area contributed by atoms with E-state index >= 15 is 0 Å². The first kappa shape index (κ1) is 23.7. The molecule has 0 bridgehead atoms. The average Bonchev–Trinajstić information content (AvgIpc) is 3.35. The van der Waals surface area contributed by atoms with Gasteiger partial charge in [-0.15, -0.1) is 0 Å². The van der Waals surface area contributed by atoms with E-state index in [9.17, 15) is 0 Å². The summed E-state index contributed by atoms with van der Waals surface area (Å²) in [7, 11) is 2.10. The van der Waals surface area contributed by atoms with Crippen molar-refractivity contribution in [1.29, 1.82) is 0 Å². The second-order valence-corrected chi connectivity index (χ2v) is 12.3. The van der Waals surface area contributed by atoms with Crippen molar-refractivity contribution < 1.29 is 13.7 Å². The number of pyridine rings is 1. The van der Waals surface area contributed by atoms with Gasteiger partial charge in [0.05, 0.1) is 16.8 Å². The van der Waals surface area contributed by atoms with Crippen molar-refractivity contribution in [2.24, 2.45) is 7.05 Å². The number of aromatic nitrogens is 1. The molecule has 0 unspecified atom stereocenters. The zero-order valence-corrected chi connectivity index (χ0v) is 23.4. The lowest BCUT2D eigenvalue weighted by molar-refractivity contribution is -0.660. The first-order valence-electron chi connectivity index (χ1n) is 14.0. The number of rotatable bonds is 2. The molecule has 192 valence electrons. The summed E-state index contributed by atoms with van der Waals surface area (Å²) in [6.07, 6.45) is 6.89. The van der Waals surface area contributed by atoms with Gasteiger partial charge >= 0.3 is 0 Å². The van der Waals surface area contributed by atoms with Gasteiger partial charge in [0.2, 0.25) is 5.69 Å². The van der Waals surface area contributed by atoms with E-state index < -0.39 is 0 Å². The van der Waals surface area contributed by atoms with Crippen LogP contribution in [0, 0.1) is 6.92 Å². The summed E-state index contributed by atoms with van der Waals surface area (Å²) < 4.78 is 15.9. The zero-order chi connectivity index (χ0) is 26.4. The maximum absolute atomic E-state index is 6.93. The smallest absolute Gasteiger partial charge is 0.216 e. The van der Waals surface area contributed by atoms with Crippen molar-refractivity contribution in [3.63, 3.8) is 0 Å². The van der Waals surface area contributed by atoms with Crippen LogP contribution in [0.2, 0.25) is 0 Å². The van der Waals surface area contributed by atoms with Crippen molar-refractivity contribution in [3.05, 3.63) is 88.6 Å². The van der Waals surface area contributed by atoms with E-state index in [2.05, 4.69) is 107 Å². The second-order valence-electron chi connectivity index (χ2n) is 12.3. The van der Waals surface area contributed by atoms with E-state index in [0.29, 0.717) is 0 Å². The quantitative estimate of drug-likeness (QED) is 0.226. The molecule has 3 aromatic carbocycles. The maximum Gasteiger partial charge on any atom is 0.216 e. The molecule has 3 heterocycles. The van der Waals surface area contributed by atoms with Crippen LogP contribution in [0.3, 0.4) is 0 Å². The highest BCUT2D eigenvalue weighted by Gasteiger charge is 2.47. The summed E-state index contributed by atoms with van der Waals surface area (Å²) in [4.78, 5) is 0. The van der Waals surface area contributed by atoms with Crippen molar-refractivity contribution in [1.82, 2.24) is 0 Å². The highest BCUT2D eigenvalue weighted by atomic mass is 16.5. The van der Waals surface area contributed by atoms with Gasteiger partial charge < -0.3 is 9.15 Å². The molecule has 38 heavy (non-hydrogen) atoms. The number of fused-ring (bicyclic) bond motifs is 6. The highest BCUT2D eigenvalue weighted by molar-refractivity contribution is 6.13. The third-order valence-corrected chi connectivity index (χ3v) is 8.84. The molecular weight excluding hydrogens is 466 g/mol. The topological polar surface area (TPSA) is 26.2 Å². The Morgan fingerprint density at radius 2 is 1.53 bits per heavy atom. The number of para-hydroxylation sites is 1. The van der Waals surface area contributed by atoms with Crippen LogP contribution < -0.4 is 4.57 Å². The van der Waals surface area contributed by atoms with E-state index in [4.69, 9.17) is 9.15 Å². The number of benzene rings is 3. The van der Waals surface area contributed by atoms with Gasteiger partial charge in [-0.1, -0.05) is 36.4 Å². The molecular formula is C35H36NO2+. The maximum atomic E-state index is 6.93. The van der Waals surface area contributed by atoms with E-state index in [0.717, 1.165) is 40.7 Å². The fourth-order valence-corrected chi connectivity index (χ4v) is 7.42. The molecule has 0 amide bonds. The molecule has 1 aliphatic carbocycles. The largest absolute Gasteiger partial charge is 0.454 e. The van der Waals surface area contributed by atoms with Crippen LogP contribution in [0.1, 0.15) is 68.4 Å². The Bertz CT molecular complexity index is 1770.